The summed E-state index contributed by atoms with van der Waals surface area (Å²) < 4.78 is 5.38. The molecule has 0 saturated carbocycles. The highest BCUT2D eigenvalue weighted by molar-refractivity contribution is 5.77. The predicted octanol–water partition coefficient (Wildman–Crippen LogP) is 3.30. The van der Waals surface area contributed by atoms with E-state index < -0.39 is 0 Å². The number of fused-ring (bicyclic) bond motifs is 1. The van der Waals surface area contributed by atoms with Gasteiger partial charge in [-0.15, -0.1) is 0 Å². The van der Waals surface area contributed by atoms with Crippen molar-refractivity contribution in [2.24, 2.45) is 0 Å². The van der Waals surface area contributed by atoms with E-state index in [-0.39, 0.29) is 11.9 Å². The molecule has 2 aromatic carbocycles. The highest BCUT2D eigenvalue weighted by Gasteiger charge is 2.34. The topological polar surface area (TPSA) is 41.6 Å². The van der Waals surface area contributed by atoms with Gasteiger partial charge < -0.3 is 10.1 Å². The van der Waals surface area contributed by atoms with Gasteiger partial charge in [-0.25, -0.2) is 0 Å². The summed E-state index contributed by atoms with van der Waals surface area (Å²) in [6, 6.07) is 19.1. The standard InChI is InChI=1S/C23H28N2O2/c26-22(11-6-12-25-13-15-27-16-14-25)24-23-20-10-5-4-9-19(20)17-21(23)18-7-2-1-3-8-18/h1-5,7-10,21,23H,6,11-17H2,(H,24,26). The van der Waals surface area contributed by atoms with Gasteiger partial charge in [0.15, 0.2) is 0 Å². The molecular formula is C23H28N2O2. The zero-order valence-electron chi connectivity index (χ0n) is 15.8. The highest BCUT2D eigenvalue weighted by atomic mass is 16.5. The first kappa shape index (κ1) is 18.2. The molecule has 2 unspecified atom stereocenters. The van der Waals surface area contributed by atoms with Crippen LogP contribution in [0.15, 0.2) is 54.6 Å². The molecule has 1 aliphatic heterocycles. The Morgan fingerprint density at radius 1 is 1.04 bits per heavy atom. The average Bonchev–Trinajstić information content (AvgIpc) is 3.08. The van der Waals surface area contributed by atoms with Crippen molar-refractivity contribution in [1.29, 1.82) is 0 Å². The molecule has 0 spiro atoms. The minimum atomic E-state index is 0.0690. The molecule has 4 rings (SSSR count). The number of hydrogen-bond acceptors (Lipinski definition) is 3. The van der Waals surface area contributed by atoms with Crippen molar-refractivity contribution in [2.45, 2.75) is 31.2 Å². The summed E-state index contributed by atoms with van der Waals surface area (Å²) in [5, 5.41) is 3.34. The van der Waals surface area contributed by atoms with E-state index in [2.05, 4.69) is 58.7 Å². The van der Waals surface area contributed by atoms with Gasteiger partial charge in [0.05, 0.1) is 19.3 Å². The normalized spacial score (nSPS) is 22.4. The lowest BCUT2D eigenvalue weighted by atomic mass is 9.92. The molecule has 1 aliphatic carbocycles. The van der Waals surface area contributed by atoms with Gasteiger partial charge in [0.2, 0.25) is 5.91 Å². The molecule has 2 atom stereocenters. The molecule has 4 heteroatoms. The van der Waals surface area contributed by atoms with E-state index in [1.807, 2.05) is 6.07 Å². The molecule has 27 heavy (non-hydrogen) atoms. The summed E-state index contributed by atoms with van der Waals surface area (Å²) in [6.45, 7) is 4.55. The summed E-state index contributed by atoms with van der Waals surface area (Å²) in [6.07, 6.45) is 2.46. The number of morpholine rings is 1. The Balaban J connectivity index is 1.39. The summed E-state index contributed by atoms with van der Waals surface area (Å²) in [7, 11) is 0. The lowest BCUT2D eigenvalue weighted by Gasteiger charge is -2.26. The fourth-order valence-corrected chi connectivity index (χ4v) is 4.32. The molecule has 1 saturated heterocycles. The molecule has 1 N–H and O–H groups in total. The van der Waals surface area contributed by atoms with Gasteiger partial charge in [0.1, 0.15) is 0 Å². The summed E-state index contributed by atoms with van der Waals surface area (Å²) >= 11 is 0. The third kappa shape index (κ3) is 4.40. The van der Waals surface area contributed by atoms with Crippen molar-refractivity contribution >= 4 is 5.91 Å². The van der Waals surface area contributed by atoms with Gasteiger partial charge in [0, 0.05) is 25.4 Å². The predicted molar refractivity (Wildman–Crippen MR) is 107 cm³/mol. The summed E-state index contributed by atoms with van der Waals surface area (Å²) in [4.78, 5) is 15.1. The minimum absolute atomic E-state index is 0.0690. The Morgan fingerprint density at radius 2 is 1.78 bits per heavy atom. The largest absolute Gasteiger partial charge is 0.379 e. The van der Waals surface area contributed by atoms with E-state index >= 15 is 0 Å². The lowest BCUT2D eigenvalue weighted by molar-refractivity contribution is -0.122. The van der Waals surface area contributed by atoms with Crippen LogP contribution in [0.5, 0.6) is 0 Å². The van der Waals surface area contributed by atoms with Crippen molar-refractivity contribution in [3.8, 4) is 0 Å². The van der Waals surface area contributed by atoms with Crippen LogP contribution in [0.25, 0.3) is 0 Å². The van der Waals surface area contributed by atoms with E-state index in [4.69, 9.17) is 4.74 Å². The summed E-state index contributed by atoms with van der Waals surface area (Å²) in [5.74, 6) is 0.470. The first-order chi connectivity index (χ1) is 13.3. The number of carbonyl (C=O) groups excluding carboxylic acids is 1. The first-order valence-electron chi connectivity index (χ1n) is 10.0. The Hall–Kier alpha value is -2.17. The van der Waals surface area contributed by atoms with Gasteiger partial charge in [-0.3, -0.25) is 9.69 Å². The molecule has 1 amide bonds. The monoisotopic (exact) mass is 364 g/mol. The minimum Gasteiger partial charge on any atom is -0.379 e. The molecule has 0 aromatic heterocycles. The highest BCUT2D eigenvalue weighted by Crippen LogP contribution is 2.42. The van der Waals surface area contributed by atoms with Gasteiger partial charge >= 0.3 is 0 Å². The number of benzene rings is 2. The quantitative estimate of drug-likeness (QED) is 0.855. The van der Waals surface area contributed by atoms with E-state index in [1.54, 1.807) is 0 Å². The third-order valence-corrected chi connectivity index (χ3v) is 5.76. The number of hydrogen-bond donors (Lipinski definition) is 1. The maximum atomic E-state index is 12.7. The molecule has 0 radical (unpaired) electrons. The van der Waals surface area contributed by atoms with E-state index in [1.165, 1.54) is 16.7 Å². The Morgan fingerprint density at radius 3 is 2.59 bits per heavy atom. The lowest BCUT2D eigenvalue weighted by Crippen LogP contribution is -2.37. The van der Waals surface area contributed by atoms with Crippen LogP contribution >= 0.6 is 0 Å². The molecular weight excluding hydrogens is 336 g/mol. The fourth-order valence-electron chi connectivity index (χ4n) is 4.32. The fraction of sp³-hybridized carbons (Fsp3) is 0.435. The number of carbonyl (C=O) groups is 1. The molecule has 4 nitrogen and oxygen atoms in total. The van der Waals surface area contributed by atoms with Crippen LogP contribution in [0.1, 0.15) is 41.5 Å². The van der Waals surface area contributed by atoms with Crippen molar-refractivity contribution < 1.29 is 9.53 Å². The first-order valence-corrected chi connectivity index (χ1v) is 10.0. The van der Waals surface area contributed by atoms with Crippen LogP contribution in [0.4, 0.5) is 0 Å². The molecule has 2 aromatic rings. The molecule has 1 fully saturated rings. The van der Waals surface area contributed by atoms with Crippen LogP contribution in [0.2, 0.25) is 0 Å². The Bertz CT molecular complexity index is 756. The third-order valence-electron chi connectivity index (χ3n) is 5.76. The van der Waals surface area contributed by atoms with E-state index in [0.29, 0.717) is 12.3 Å². The van der Waals surface area contributed by atoms with Gasteiger partial charge in [-0.2, -0.15) is 0 Å². The Labute approximate surface area is 161 Å². The second-order valence-corrected chi connectivity index (χ2v) is 7.52. The van der Waals surface area contributed by atoms with Crippen molar-refractivity contribution in [1.82, 2.24) is 10.2 Å². The molecule has 0 bridgehead atoms. The molecule has 2 aliphatic rings. The zero-order valence-corrected chi connectivity index (χ0v) is 15.8. The Kier molecular flexibility index (Phi) is 5.85. The number of nitrogens with one attached hydrogen (secondary N) is 1. The van der Waals surface area contributed by atoms with E-state index in [9.17, 15) is 4.79 Å². The van der Waals surface area contributed by atoms with Crippen LogP contribution in [0.3, 0.4) is 0 Å². The number of nitrogens with zero attached hydrogens (tertiary/aromatic N) is 1. The van der Waals surface area contributed by atoms with Crippen molar-refractivity contribution in [2.75, 3.05) is 32.8 Å². The number of rotatable bonds is 6. The van der Waals surface area contributed by atoms with Crippen molar-refractivity contribution in [3.05, 3.63) is 71.3 Å². The van der Waals surface area contributed by atoms with Gasteiger partial charge in [-0.05, 0) is 36.1 Å². The smallest absolute Gasteiger partial charge is 0.220 e. The SMILES string of the molecule is O=C(CCCN1CCOCC1)NC1c2ccccc2CC1c1ccccc1. The maximum absolute atomic E-state index is 12.7. The molecule has 142 valence electrons. The number of ether oxygens (including phenoxy) is 1. The average molecular weight is 364 g/mol. The van der Waals surface area contributed by atoms with Gasteiger partial charge in [0.25, 0.3) is 0 Å². The van der Waals surface area contributed by atoms with Crippen LogP contribution < -0.4 is 5.32 Å². The maximum Gasteiger partial charge on any atom is 0.220 e. The number of amides is 1. The van der Waals surface area contributed by atoms with Crippen LogP contribution in [-0.2, 0) is 16.0 Å². The molecule has 1 heterocycles. The van der Waals surface area contributed by atoms with Crippen LogP contribution in [0, 0.1) is 0 Å². The van der Waals surface area contributed by atoms with Crippen molar-refractivity contribution in [3.63, 3.8) is 0 Å². The summed E-state index contributed by atoms with van der Waals surface area (Å²) in [5.41, 5.74) is 3.92. The van der Waals surface area contributed by atoms with Crippen LogP contribution in [-0.4, -0.2) is 43.7 Å². The van der Waals surface area contributed by atoms with Gasteiger partial charge in [-0.1, -0.05) is 54.6 Å². The second-order valence-electron chi connectivity index (χ2n) is 7.52. The zero-order chi connectivity index (χ0) is 18.5. The second kappa shape index (κ2) is 8.68. The van der Waals surface area contributed by atoms with E-state index in [0.717, 1.165) is 45.7 Å².